The van der Waals surface area contributed by atoms with Gasteiger partial charge in [-0.1, -0.05) is 36.8 Å². The Kier molecular flexibility index (Phi) is 6.17. The number of nitrogens with zero attached hydrogens (tertiary/aromatic N) is 2. The summed E-state index contributed by atoms with van der Waals surface area (Å²) in [4.78, 5) is 18.6. The van der Waals surface area contributed by atoms with Crippen LogP contribution in [0.1, 0.15) is 51.0 Å². The van der Waals surface area contributed by atoms with Gasteiger partial charge in [-0.2, -0.15) is 0 Å². The summed E-state index contributed by atoms with van der Waals surface area (Å²) >= 11 is 0. The summed E-state index contributed by atoms with van der Waals surface area (Å²) in [6.45, 7) is 5.66. The van der Waals surface area contributed by atoms with Gasteiger partial charge >= 0.3 is 0 Å². The average molecular weight is 357 g/mol. The van der Waals surface area contributed by atoms with E-state index in [1.807, 2.05) is 0 Å². The van der Waals surface area contributed by atoms with Gasteiger partial charge in [0.1, 0.15) is 0 Å². The predicted molar refractivity (Wildman–Crippen MR) is 106 cm³/mol. The van der Waals surface area contributed by atoms with Gasteiger partial charge in [-0.15, -0.1) is 0 Å². The molecule has 1 aromatic rings. The zero-order valence-corrected chi connectivity index (χ0v) is 15.9. The quantitative estimate of drug-likeness (QED) is 0.608. The highest BCUT2D eigenvalue weighted by Gasteiger charge is 2.38. The largest absolute Gasteiger partial charge is 0.370 e. The maximum Gasteiger partial charge on any atom is 0.217 e. The van der Waals surface area contributed by atoms with E-state index in [0.717, 1.165) is 45.0 Å². The Labute approximate surface area is 157 Å². The predicted octanol–water partition coefficient (Wildman–Crippen LogP) is 2.66. The third-order valence-corrected chi connectivity index (χ3v) is 5.87. The molecule has 0 bridgehead atoms. The third-order valence-electron chi connectivity index (χ3n) is 5.87. The Morgan fingerprint density at radius 2 is 2.08 bits per heavy atom. The molecule has 1 saturated carbocycles. The zero-order valence-electron chi connectivity index (χ0n) is 15.9. The molecule has 3 N–H and O–H groups in total. The first kappa shape index (κ1) is 18.7. The molecular weight excluding hydrogens is 324 g/mol. The second kappa shape index (κ2) is 8.56. The van der Waals surface area contributed by atoms with Crippen LogP contribution in [-0.4, -0.2) is 42.9 Å². The zero-order chi connectivity index (χ0) is 18.4. The molecular formula is C21H32N4O. The number of rotatable bonds is 6. The SMILES string of the molecule is CCNC(=NCC1(c2ccccc2)CCC1)N1CCCC(CC(N)=O)C1. The van der Waals surface area contributed by atoms with E-state index in [4.69, 9.17) is 10.7 Å². The number of hydrogen-bond donors (Lipinski definition) is 2. The van der Waals surface area contributed by atoms with E-state index in [1.54, 1.807) is 0 Å². The minimum atomic E-state index is -0.198. The number of carbonyl (C=O) groups is 1. The van der Waals surface area contributed by atoms with Gasteiger partial charge in [0.05, 0.1) is 6.54 Å². The number of primary amides is 1. The van der Waals surface area contributed by atoms with Crippen LogP contribution in [-0.2, 0) is 10.2 Å². The Morgan fingerprint density at radius 1 is 1.31 bits per heavy atom. The standard InChI is InChI=1S/C21H32N4O/c1-2-23-20(25-13-6-8-17(15-25)14-19(22)26)24-16-21(11-7-12-21)18-9-4-3-5-10-18/h3-5,9-10,17H,2,6-8,11-16H2,1H3,(H2,22,26)(H,23,24). The molecule has 1 saturated heterocycles. The van der Waals surface area contributed by atoms with Crippen LogP contribution in [0.25, 0.3) is 0 Å². The molecule has 0 radical (unpaired) electrons. The summed E-state index contributed by atoms with van der Waals surface area (Å²) in [6.07, 6.45) is 6.35. The van der Waals surface area contributed by atoms with E-state index in [9.17, 15) is 4.79 Å². The first-order chi connectivity index (χ1) is 12.6. The van der Waals surface area contributed by atoms with E-state index >= 15 is 0 Å². The highest BCUT2D eigenvalue weighted by atomic mass is 16.1. The van der Waals surface area contributed by atoms with Gasteiger partial charge in [-0.3, -0.25) is 9.79 Å². The van der Waals surface area contributed by atoms with E-state index in [-0.39, 0.29) is 11.3 Å². The number of piperidine rings is 1. The fraction of sp³-hybridized carbons (Fsp3) is 0.619. The van der Waals surface area contributed by atoms with Crippen molar-refractivity contribution >= 4 is 11.9 Å². The molecule has 3 rings (SSSR count). The van der Waals surface area contributed by atoms with Crippen LogP contribution in [0.3, 0.4) is 0 Å². The molecule has 0 aromatic heterocycles. The number of nitrogens with two attached hydrogens (primary N) is 1. The highest BCUT2D eigenvalue weighted by molar-refractivity contribution is 5.80. The minimum Gasteiger partial charge on any atom is -0.370 e. The van der Waals surface area contributed by atoms with Gasteiger partial charge in [-0.05, 0) is 44.1 Å². The van der Waals surface area contributed by atoms with Crippen molar-refractivity contribution in [3.05, 3.63) is 35.9 Å². The monoisotopic (exact) mass is 356 g/mol. The molecule has 26 heavy (non-hydrogen) atoms. The van der Waals surface area contributed by atoms with Crippen molar-refractivity contribution in [1.82, 2.24) is 10.2 Å². The Hall–Kier alpha value is -2.04. The van der Waals surface area contributed by atoms with Crippen LogP contribution in [0.4, 0.5) is 0 Å². The van der Waals surface area contributed by atoms with Crippen molar-refractivity contribution < 1.29 is 4.79 Å². The maximum absolute atomic E-state index is 11.3. The molecule has 1 aliphatic carbocycles. The number of benzene rings is 1. The summed E-state index contributed by atoms with van der Waals surface area (Å²) in [7, 11) is 0. The summed E-state index contributed by atoms with van der Waals surface area (Å²) in [5, 5.41) is 3.46. The number of nitrogens with one attached hydrogen (secondary N) is 1. The number of guanidine groups is 1. The average Bonchev–Trinajstić information content (AvgIpc) is 2.60. The second-order valence-electron chi connectivity index (χ2n) is 7.79. The summed E-state index contributed by atoms with van der Waals surface area (Å²) in [6, 6.07) is 10.8. The fourth-order valence-corrected chi connectivity index (χ4v) is 4.29. The lowest BCUT2D eigenvalue weighted by atomic mass is 9.64. The molecule has 142 valence electrons. The van der Waals surface area contributed by atoms with E-state index < -0.39 is 0 Å². The van der Waals surface area contributed by atoms with Crippen LogP contribution >= 0.6 is 0 Å². The molecule has 1 atom stereocenters. The Morgan fingerprint density at radius 3 is 2.69 bits per heavy atom. The van der Waals surface area contributed by atoms with Gasteiger partial charge in [-0.25, -0.2) is 0 Å². The normalized spacial score (nSPS) is 22.6. The Bertz CT molecular complexity index is 624. The first-order valence-electron chi connectivity index (χ1n) is 10.00. The number of carbonyl (C=O) groups excluding carboxylic acids is 1. The van der Waals surface area contributed by atoms with Crippen molar-refractivity contribution in [2.24, 2.45) is 16.6 Å². The topological polar surface area (TPSA) is 70.7 Å². The molecule has 1 unspecified atom stereocenters. The van der Waals surface area contributed by atoms with Crippen molar-refractivity contribution in [1.29, 1.82) is 0 Å². The highest BCUT2D eigenvalue weighted by Crippen LogP contribution is 2.43. The van der Waals surface area contributed by atoms with Crippen molar-refractivity contribution in [3.63, 3.8) is 0 Å². The summed E-state index contributed by atoms with van der Waals surface area (Å²) in [5.41, 5.74) is 7.02. The van der Waals surface area contributed by atoms with Crippen molar-refractivity contribution in [3.8, 4) is 0 Å². The second-order valence-corrected chi connectivity index (χ2v) is 7.79. The fourth-order valence-electron chi connectivity index (χ4n) is 4.29. The smallest absolute Gasteiger partial charge is 0.217 e. The van der Waals surface area contributed by atoms with Gasteiger partial charge in [0.15, 0.2) is 5.96 Å². The van der Waals surface area contributed by atoms with Gasteiger partial charge in [0, 0.05) is 31.5 Å². The molecule has 1 aromatic carbocycles. The van der Waals surface area contributed by atoms with Crippen LogP contribution in [0.2, 0.25) is 0 Å². The number of likely N-dealkylation sites (tertiary alicyclic amines) is 1. The van der Waals surface area contributed by atoms with Gasteiger partial charge < -0.3 is 16.0 Å². The van der Waals surface area contributed by atoms with Gasteiger partial charge in [0.25, 0.3) is 0 Å². The minimum absolute atomic E-state index is 0.198. The van der Waals surface area contributed by atoms with Crippen LogP contribution in [0.5, 0.6) is 0 Å². The first-order valence-corrected chi connectivity index (χ1v) is 10.00. The van der Waals surface area contributed by atoms with E-state index in [0.29, 0.717) is 12.3 Å². The molecule has 2 aliphatic rings. The number of hydrogen-bond acceptors (Lipinski definition) is 2. The summed E-state index contributed by atoms with van der Waals surface area (Å²) < 4.78 is 0. The van der Waals surface area contributed by atoms with Crippen LogP contribution in [0, 0.1) is 5.92 Å². The molecule has 2 fully saturated rings. The van der Waals surface area contributed by atoms with E-state index in [2.05, 4.69) is 47.5 Å². The molecule has 5 nitrogen and oxygen atoms in total. The van der Waals surface area contributed by atoms with Crippen LogP contribution in [0.15, 0.2) is 35.3 Å². The lowest BCUT2D eigenvalue weighted by Crippen LogP contribution is -2.48. The lowest BCUT2D eigenvalue weighted by molar-refractivity contribution is -0.119. The molecule has 1 heterocycles. The lowest BCUT2D eigenvalue weighted by Gasteiger charge is -2.42. The molecule has 5 heteroatoms. The maximum atomic E-state index is 11.3. The summed E-state index contributed by atoms with van der Waals surface area (Å²) in [5.74, 6) is 1.14. The van der Waals surface area contributed by atoms with E-state index in [1.165, 1.54) is 24.8 Å². The number of aliphatic imine (C=N–C) groups is 1. The van der Waals surface area contributed by atoms with Crippen molar-refractivity contribution in [2.45, 2.75) is 50.9 Å². The third kappa shape index (κ3) is 4.37. The molecule has 0 spiro atoms. The van der Waals surface area contributed by atoms with Crippen molar-refractivity contribution in [2.75, 3.05) is 26.2 Å². The molecule has 1 amide bonds. The van der Waals surface area contributed by atoms with Gasteiger partial charge in [0.2, 0.25) is 5.91 Å². The Balaban J connectivity index is 1.71. The number of amides is 1. The molecule has 1 aliphatic heterocycles. The van der Waals surface area contributed by atoms with Crippen LogP contribution < -0.4 is 11.1 Å².